The van der Waals surface area contributed by atoms with Crippen molar-refractivity contribution in [2.75, 3.05) is 5.32 Å². The third-order valence-electron chi connectivity index (χ3n) is 6.73. The molecule has 1 N–H and O–H groups in total. The standard InChI is InChI=1S/C25H18ClF3N8O/c1-25(18-5-8-36(34-18)24(28)29)11-15(16-12-32-20-10-19(27)35-37(20)21(16)25)23(38)33-13-3-4-14(17(26)9-13)22-30-6-2-7-31-22/h2-10,12,15,24H,11H2,1H3,(H,33,38)/t15-,25-/m0/s1. The van der Waals surface area contributed by atoms with Gasteiger partial charge < -0.3 is 5.32 Å². The van der Waals surface area contributed by atoms with Crippen molar-refractivity contribution in [3.05, 3.63) is 89.1 Å². The maximum atomic E-state index is 14.1. The summed E-state index contributed by atoms with van der Waals surface area (Å²) in [7, 11) is 0. The van der Waals surface area contributed by atoms with Gasteiger partial charge in [-0.3, -0.25) is 4.79 Å². The predicted octanol–water partition coefficient (Wildman–Crippen LogP) is 5.00. The minimum absolute atomic E-state index is 0.167. The summed E-state index contributed by atoms with van der Waals surface area (Å²) in [6, 6.07) is 9.29. The van der Waals surface area contributed by atoms with Crippen LogP contribution in [-0.2, 0) is 10.2 Å². The number of aromatic nitrogens is 7. The molecule has 0 aliphatic heterocycles. The first-order valence-corrected chi connectivity index (χ1v) is 11.9. The van der Waals surface area contributed by atoms with Crippen molar-refractivity contribution in [2.24, 2.45) is 0 Å². The Hall–Kier alpha value is -4.32. The zero-order valence-electron chi connectivity index (χ0n) is 19.7. The van der Waals surface area contributed by atoms with Crippen LogP contribution < -0.4 is 5.32 Å². The maximum Gasteiger partial charge on any atom is 0.333 e. The van der Waals surface area contributed by atoms with Gasteiger partial charge in [0.05, 0.1) is 27.7 Å². The third-order valence-corrected chi connectivity index (χ3v) is 7.04. The number of rotatable bonds is 5. The Morgan fingerprint density at radius 1 is 1.16 bits per heavy atom. The number of nitrogens with one attached hydrogen (secondary N) is 1. The number of alkyl halides is 2. The molecular weight excluding hydrogens is 521 g/mol. The minimum Gasteiger partial charge on any atom is -0.326 e. The fraction of sp³-hybridized carbons (Fsp3) is 0.200. The largest absolute Gasteiger partial charge is 0.333 e. The third kappa shape index (κ3) is 3.88. The van der Waals surface area contributed by atoms with Crippen molar-refractivity contribution in [2.45, 2.75) is 31.2 Å². The Morgan fingerprint density at radius 2 is 1.95 bits per heavy atom. The molecule has 0 spiro atoms. The van der Waals surface area contributed by atoms with Crippen LogP contribution in [0.3, 0.4) is 0 Å². The molecule has 38 heavy (non-hydrogen) atoms. The number of fused-ring (bicyclic) bond motifs is 3. The van der Waals surface area contributed by atoms with Crippen LogP contribution in [0.4, 0.5) is 18.9 Å². The number of halogens is 4. The fourth-order valence-electron chi connectivity index (χ4n) is 4.98. The molecule has 4 aromatic heterocycles. The lowest BCUT2D eigenvalue weighted by Gasteiger charge is -2.23. The van der Waals surface area contributed by atoms with E-state index in [0.717, 1.165) is 6.07 Å². The zero-order valence-corrected chi connectivity index (χ0v) is 20.4. The van der Waals surface area contributed by atoms with Gasteiger partial charge in [0.25, 0.3) is 0 Å². The maximum absolute atomic E-state index is 14.1. The zero-order chi connectivity index (χ0) is 26.6. The number of benzene rings is 1. The molecule has 0 bridgehead atoms. The Bertz CT molecular complexity index is 1690. The average molecular weight is 539 g/mol. The van der Waals surface area contributed by atoms with E-state index >= 15 is 0 Å². The van der Waals surface area contributed by atoms with Gasteiger partial charge in [0.15, 0.2) is 11.5 Å². The van der Waals surface area contributed by atoms with Gasteiger partial charge in [-0.1, -0.05) is 11.6 Å². The first-order chi connectivity index (χ1) is 18.2. The molecule has 6 rings (SSSR count). The van der Waals surface area contributed by atoms with E-state index in [0.29, 0.717) is 43.7 Å². The van der Waals surface area contributed by atoms with Gasteiger partial charge in [0.1, 0.15) is 0 Å². The Balaban J connectivity index is 1.37. The van der Waals surface area contributed by atoms with E-state index in [9.17, 15) is 18.0 Å². The summed E-state index contributed by atoms with van der Waals surface area (Å²) in [5.41, 5.74) is 1.49. The van der Waals surface area contributed by atoms with Crippen molar-refractivity contribution in [3.8, 4) is 11.4 Å². The molecule has 5 aromatic rings. The summed E-state index contributed by atoms with van der Waals surface area (Å²) < 4.78 is 42.5. The quantitative estimate of drug-likeness (QED) is 0.338. The number of amides is 1. The molecule has 1 aliphatic rings. The summed E-state index contributed by atoms with van der Waals surface area (Å²) in [4.78, 5) is 26.2. The normalized spacial score (nSPS) is 18.7. The molecule has 0 saturated heterocycles. The van der Waals surface area contributed by atoms with Crippen molar-refractivity contribution in [1.29, 1.82) is 0 Å². The highest BCUT2D eigenvalue weighted by Gasteiger charge is 2.48. The molecule has 1 aliphatic carbocycles. The van der Waals surface area contributed by atoms with E-state index in [-0.39, 0.29) is 18.0 Å². The highest BCUT2D eigenvalue weighted by Crippen LogP contribution is 2.49. The highest BCUT2D eigenvalue weighted by atomic mass is 35.5. The van der Waals surface area contributed by atoms with Crippen LogP contribution in [0.5, 0.6) is 0 Å². The van der Waals surface area contributed by atoms with Crippen LogP contribution in [-0.4, -0.2) is 40.3 Å². The van der Waals surface area contributed by atoms with Crippen LogP contribution in [0.15, 0.2) is 61.2 Å². The molecule has 9 nitrogen and oxygen atoms in total. The Morgan fingerprint density at radius 3 is 2.66 bits per heavy atom. The van der Waals surface area contributed by atoms with E-state index in [1.807, 2.05) is 0 Å². The molecule has 0 radical (unpaired) electrons. The van der Waals surface area contributed by atoms with Crippen LogP contribution in [0.25, 0.3) is 17.0 Å². The Labute approximate surface area is 218 Å². The number of anilines is 1. The molecule has 13 heteroatoms. The summed E-state index contributed by atoms with van der Waals surface area (Å²) in [6.07, 6.45) is 6.03. The smallest absolute Gasteiger partial charge is 0.326 e. The predicted molar refractivity (Wildman–Crippen MR) is 131 cm³/mol. The molecule has 1 aromatic carbocycles. The summed E-state index contributed by atoms with van der Waals surface area (Å²) >= 11 is 6.45. The van der Waals surface area contributed by atoms with Crippen molar-refractivity contribution >= 4 is 28.8 Å². The van der Waals surface area contributed by atoms with Gasteiger partial charge in [-0.25, -0.2) is 24.1 Å². The van der Waals surface area contributed by atoms with Crippen LogP contribution >= 0.6 is 11.6 Å². The molecule has 192 valence electrons. The van der Waals surface area contributed by atoms with Crippen LogP contribution in [0.1, 0.15) is 42.8 Å². The van der Waals surface area contributed by atoms with E-state index in [1.165, 1.54) is 23.0 Å². The summed E-state index contributed by atoms with van der Waals surface area (Å²) in [5.74, 6) is -1.44. The van der Waals surface area contributed by atoms with E-state index < -0.39 is 23.8 Å². The van der Waals surface area contributed by atoms with E-state index in [1.54, 1.807) is 43.6 Å². The average Bonchev–Trinajstić information content (AvgIpc) is 3.60. The van der Waals surface area contributed by atoms with Gasteiger partial charge in [-0.05, 0) is 43.7 Å². The molecular formula is C25H18ClF3N8O. The van der Waals surface area contributed by atoms with Gasteiger partial charge in [-0.15, -0.1) is 5.10 Å². The van der Waals surface area contributed by atoms with E-state index in [2.05, 4.69) is 30.5 Å². The number of hydrogen-bond acceptors (Lipinski definition) is 6. The van der Waals surface area contributed by atoms with Crippen LogP contribution in [0, 0.1) is 5.95 Å². The van der Waals surface area contributed by atoms with E-state index in [4.69, 9.17) is 11.6 Å². The molecule has 0 fully saturated rings. The minimum atomic E-state index is -2.83. The number of carbonyl (C=O) groups excluding carboxylic acids is 1. The molecule has 2 atom stereocenters. The SMILES string of the molecule is C[C@@]1(c2ccn(C(F)F)n2)C[C@H](C(=O)Nc2ccc(-c3ncccn3)c(Cl)c2)c2cnc3cc(F)nn3c21. The van der Waals surface area contributed by atoms with Gasteiger partial charge in [-0.2, -0.15) is 18.3 Å². The van der Waals surface area contributed by atoms with Gasteiger partial charge >= 0.3 is 6.55 Å². The van der Waals surface area contributed by atoms with Crippen molar-refractivity contribution < 1.29 is 18.0 Å². The first kappa shape index (κ1) is 24.0. The monoisotopic (exact) mass is 538 g/mol. The number of carbonyl (C=O) groups is 1. The van der Waals surface area contributed by atoms with Crippen molar-refractivity contribution in [3.63, 3.8) is 0 Å². The number of nitrogens with zero attached hydrogens (tertiary/aromatic N) is 7. The molecule has 0 saturated carbocycles. The second-order valence-corrected chi connectivity index (χ2v) is 9.51. The topological polar surface area (TPSA) is 103 Å². The number of hydrogen-bond donors (Lipinski definition) is 1. The lowest BCUT2D eigenvalue weighted by atomic mass is 9.82. The Kier molecular flexibility index (Phi) is 5.64. The summed E-state index contributed by atoms with van der Waals surface area (Å²) in [6.45, 7) is -1.07. The van der Waals surface area contributed by atoms with Crippen LogP contribution in [0.2, 0.25) is 5.02 Å². The first-order valence-electron chi connectivity index (χ1n) is 11.5. The molecule has 1 amide bonds. The lowest BCUT2D eigenvalue weighted by molar-refractivity contribution is -0.117. The van der Waals surface area contributed by atoms with Gasteiger partial charge in [0, 0.05) is 47.7 Å². The second kappa shape index (κ2) is 8.91. The second-order valence-electron chi connectivity index (χ2n) is 9.10. The summed E-state index contributed by atoms with van der Waals surface area (Å²) in [5, 5.41) is 11.2. The fourth-order valence-corrected chi connectivity index (χ4v) is 5.25. The lowest BCUT2D eigenvalue weighted by Crippen LogP contribution is -2.26. The molecule has 0 unspecified atom stereocenters. The molecule has 4 heterocycles. The highest BCUT2D eigenvalue weighted by molar-refractivity contribution is 6.33. The van der Waals surface area contributed by atoms with Crippen molar-refractivity contribution in [1.82, 2.24) is 34.3 Å². The van der Waals surface area contributed by atoms with Gasteiger partial charge in [0.2, 0.25) is 11.9 Å².